The van der Waals surface area contributed by atoms with Crippen molar-refractivity contribution in [2.24, 2.45) is 28.7 Å². The Bertz CT molecular complexity index is 1070. The van der Waals surface area contributed by atoms with E-state index in [2.05, 4.69) is 18.4 Å². The number of esters is 1. The molecule has 0 radical (unpaired) electrons. The van der Waals surface area contributed by atoms with Gasteiger partial charge >= 0.3 is 5.97 Å². The lowest BCUT2D eigenvalue weighted by atomic mass is 9.73. The first kappa shape index (κ1) is 39.0. The summed E-state index contributed by atoms with van der Waals surface area (Å²) in [4.78, 5) is 20.5. The molecule has 14 atom stereocenters. The number of nitrogens with zero attached hydrogens (tertiary/aromatic N) is 2. The van der Waals surface area contributed by atoms with Crippen LogP contribution in [-0.4, -0.2) is 128 Å². The van der Waals surface area contributed by atoms with Gasteiger partial charge in [-0.2, -0.15) is 0 Å². The molecule has 3 aliphatic heterocycles. The van der Waals surface area contributed by atoms with Crippen molar-refractivity contribution >= 4 is 11.7 Å². The molecule has 3 saturated heterocycles. The summed E-state index contributed by atoms with van der Waals surface area (Å²) in [7, 11) is 7.42. The number of aliphatic imine (C=N–C) groups is 1. The monoisotopic (exact) mass is 654 g/mol. The van der Waals surface area contributed by atoms with Gasteiger partial charge in [0.1, 0.15) is 17.8 Å². The van der Waals surface area contributed by atoms with E-state index < -0.39 is 65.8 Å². The summed E-state index contributed by atoms with van der Waals surface area (Å²) in [6.45, 7) is 19.6. The normalized spacial score (nSPS) is 46.4. The fraction of sp³-hybridized carbons (Fsp3) is 0.886. The molecule has 0 unspecified atom stereocenters. The zero-order valence-electron chi connectivity index (χ0n) is 30.3. The number of cyclic esters (lactones) is 1. The van der Waals surface area contributed by atoms with Gasteiger partial charge in [-0.1, -0.05) is 34.3 Å². The average Bonchev–Trinajstić information content (AvgIpc) is 3.00. The topological polar surface area (TPSA) is 129 Å². The second-order valence-corrected chi connectivity index (χ2v) is 14.7. The molecule has 0 aromatic carbocycles. The molecule has 0 saturated carbocycles. The highest BCUT2D eigenvalue weighted by molar-refractivity contribution is 5.89. The quantitative estimate of drug-likeness (QED) is 0.335. The van der Waals surface area contributed by atoms with Crippen molar-refractivity contribution in [3.05, 3.63) is 12.2 Å². The van der Waals surface area contributed by atoms with Crippen LogP contribution in [0.5, 0.6) is 0 Å². The summed E-state index contributed by atoms with van der Waals surface area (Å²) in [6, 6.07) is 0.0268. The van der Waals surface area contributed by atoms with Crippen LogP contribution >= 0.6 is 0 Å². The Morgan fingerprint density at radius 3 is 2.33 bits per heavy atom. The van der Waals surface area contributed by atoms with Crippen LogP contribution in [0.2, 0.25) is 0 Å². The fourth-order valence-electron chi connectivity index (χ4n) is 8.02. The predicted molar refractivity (Wildman–Crippen MR) is 177 cm³/mol. The van der Waals surface area contributed by atoms with E-state index in [1.807, 2.05) is 48.7 Å². The van der Waals surface area contributed by atoms with Gasteiger partial charge in [0.05, 0.1) is 49.1 Å². The van der Waals surface area contributed by atoms with E-state index in [-0.39, 0.29) is 37.2 Å². The Hall–Kier alpha value is -1.44. The van der Waals surface area contributed by atoms with Crippen molar-refractivity contribution in [1.29, 1.82) is 0 Å². The first-order valence-electron chi connectivity index (χ1n) is 16.9. The highest BCUT2D eigenvalue weighted by atomic mass is 16.7. The molecule has 3 fully saturated rings. The zero-order chi connectivity index (χ0) is 34.7. The molecule has 0 aliphatic carbocycles. The number of methoxy groups -OCH3 is 1. The first-order valence-corrected chi connectivity index (χ1v) is 16.9. The van der Waals surface area contributed by atoms with Gasteiger partial charge in [0.15, 0.2) is 6.29 Å². The number of aliphatic hydroxyl groups excluding tert-OH is 1. The summed E-state index contributed by atoms with van der Waals surface area (Å²) in [5.74, 6) is -2.66. The summed E-state index contributed by atoms with van der Waals surface area (Å²) >= 11 is 0. The molecule has 3 aliphatic rings. The van der Waals surface area contributed by atoms with Gasteiger partial charge in [-0.25, -0.2) is 0 Å². The summed E-state index contributed by atoms with van der Waals surface area (Å²) in [5, 5.41) is 23.9. The molecule has 0 spiro atoms. The van der Waals surface area contributed by atoms with Crippen molar-refractivity contribution in [3.8, 4) is 0 Å². The number of fused-ring (bicyclic) bond motifs is 5. The summed E-state index contributed by atoms with van der Waals surface area (Å²) in [5.41, 5.74) is -1.08. The maximum absolute atomic E-state index is 13.7. The van der Waals surface area contributed by atoms with Crippen molar-refractivity contribution < 1.29 is 43.4 Å². The number of ether oxygens (including phenoxy) is 6. The largest absolute Gasteiger partial charge is 0.459 e. The van der Waals surface area contributed by atoms with E-state index in [9.17, 15) is 15.0 Å². The van der Waals surface area contributed by atoms with Crippen LogP contribution in [0.1, 0.15) is 74.7 Å². The van der Waals surface area contributed by atoms with Crippen LogP contribution in [0.15, 0.2) is 17.1 Å². The Morgan fingerprint density at radius 2 is 1.76 bits per heavy atom. The minimum Gasteiger partial charge on any atom is -0.459 e. The van der Waals surface area contributed by atoms with Crippen molar-refractivity contribution in [2.75, 3.05) is 41.5 Å². The summed E-state index contributed by atoms with van der Waals surface area (Å²) < 4.78 is 38.6. The third-order valence-corrected chi connectivity index (χ3v) is 10.6. The zero-order valence-corrected chi connectivity index (χ0v) is 30.3. The number of aliphatic hydroxyl groups is 2. The van der Waals surface area contributed by atoms with Crippen LogP contribution < -0.4 is 0 Å². The summed E-state index contributed by atoms with van der Waals surface area (Å²) in [6.07, 6.45) is -3.34. The highest BCUT2D eigenvalue weighted by Crippen LogP contribution is 2.41. The minimum absolute atomic E-state index is 0.0268. The van der Waals surface area contributed by atoms with Crippen molar-refractivity contribution in [2.45, 2.75) is 135 Å². The number of hydrogen-bond acceptors (Lipinski definition) is 11. The molecule has 0 aromatic heterocycles. The first-order chi connectivity index (χ1) is 21.4. The van der Waals surface area contributed by atoms with Gasteiger partial charge < -0.3 is 43.5 Å². The smallest absolute Gasteiger partial charge is 0.311 e. The van der Waals surface area contributed by atoms with Gasteiger partial charge in [-0.05, 0) is 72.5 Å². The predicted octanol–water partition coefficient (Wildman–Crippen LogP) is 3.63. The number of likely N-dealkylation sites (N-methyl/N-ethyl adjacent to an activating group) is 1. The van der Waals surface area contributed by atoms with Crippen LogP contribution in [0.4, 0.5) is 0 Å². The molecule has 3 heterocycles. The molecule has 0 amide bonds. The molecule has 2 bridgehead atoms. The average molecular weight is 655 g/mol. The van der Waals surface area contributed by atoms with Gasteiger partial charge in [0.25, 0.3) is 0 Å². The Balaban J connectivity index is 2.24. The molecule has 11 nitrogen and oxygen atoms in total. The second-order valence-electron chi connectivity index (χ2n) is 14.7. The fourth-order valence-corrected chi connectivity index (χ4v) is 8.02. The number of carbonyl (C=O) groups excluding carboxylic acids is 1. The van der Waals surface area contributed by atoms with E-state index >= 15 is 0 Å². The van der Waals surface area contributed by atoms with Crippen LogP contribution in [0.25, 0.3) is 0 Å². The van der Waals surface area contributed by atoms with E-state index in [0.717, 1.165) is 12.1 Å². The minimum atomic E-state index is -1.57. The molecule has 0 aromatic rings. The van der Waals surface area contributed by atoms with E-state index in [4.69, 9.17) is 33.4 Å². The van der Waals surface area contributed by atoms with E-state index in [1.165, 1.54) is 0 Å². The van der Waals surface area contributed by atoms with Crippen molar-refractivity contribution in [3.63, 3.8) is 0 Å². The van der Waals surface area contributed by atoms with Gasteiger partial charge in [-0.3, -0.25) is 9.79 Å². The lowest BCUT2D eigenvalue weighted by Gasteiger charge is -2.49. The Labute approximate surface area is 277 Å². The molecule has 11 heteroatoms. The van der Waals surface area contributed by atoms with Crippen LogP contribution in [0.3, 0.4) is 0 Å². The lowest BCUT2D eigenvalue weighted by Crippen LogP contribution is -2.60. The lowest BCUT2D eigenvalue weighted by molar-refractivity contribution is -0.306. The molecule has 3 rings (SSSR count). The molecule has 46 heavy (non-hydrogen) atoms. The highest BCUT2D eigenvalue weighted by Gasteiger charge is 2.53. The molecule has 266 valence electrons. The third-order valence-electron chi connectivity index (χ3n) is 10.6. The van der Waals surface area contributed by atoms with Crippen molar-refractivity contribution in [1.82, 2.24) is 4.90 Å². The SMILES string of the molecule is C=C1CO[C@@H]2[C@@H](C)C(=NC)[C@H](C)C[C@@](C)(OC1)[C@H](O[C@@H]1O[C@H](C)C[C@H](N(C)C)[C@H]1OC)[C@@H](C)[C@H](O)[C@@H](C)C(=O)O[C@H](CC)[C@@]2(C)O. The standard InChI is InChI=1S/C35H62N2O9/c1-14-26-35(9,40)31-22(5)27(36-10)20(3)16-34(8,43-18-19(2)17-42-31)30(23(6)28(38)24(7)32(39)45-26)46-33-29(41-13)25(37(11)12)15-21(4)44-33/h20-26,28-31,33,38,40H,2,14-18H2,1,3-13H3/t20-,21-,22+,23+,24-,25+,26-,28+,29-,30-,31-,33+,34-,35-/m1/s1. The van der Waals surface area contributed by atoms with E-state index in [1.54, 1.807) is 28.0 Å². The Morgan fingerprint density at radius 1 is 1.11 bits per heavy atom. The Kier molecular flexibility index (Phi) is 13.4. The van der Waals surface area contributed by atoms with Gasteiger partial charge in [0.2, 0.25) is 0 Å². The van der Waals surface area contributed by atoms with E-state index in [0.29, 0.717) is 18.4 Å². The maximum atomic E-state index is 13.7. The maximum Gasteiger partial charge on any atom is 0.311 e. The van der Waals surface area contributed by atoms with Gasteiger partial charge in [0, 0.05) is 37.7 Å². The molecular formula is C35H62N2O9. The third kappa shape index (κ3) is 8.22. The van der Waals surface area contributed by atoms with Crippen LogP contribution in [0, 0.1) is 23.7 Å². The molecular weight excluding hydrogens is 592 g/mol. The number of hydrogen-bond donors (Lipinski definition) is 2. The number of rotatable bonds is 5. The van der Waals surface area contributed by atoms with Gasteiger partial charge in [-0.15, -0.1) is 0 Å². The number of carbonyl (C=O) groups is 1. The second kappa shape index (κ2) is 15.8. The van der Waals surface area contributed by atoms with Crippen LogP contribution in [-0.2, 0) is 33.2 Å². The molecule has 2 N–H and O–H groups in total.